The fourth-order valence-electron chi connectivity index (χ4n) is 3.98. The second-order valence-electron chi connectivity index (χ2n) is 7.27. The zero-order valence-corrected chi connectivity index (χ0v) is 15.7. The molecule has 3 aromatic rings. The average molecular weight is 375 g/mol. The van der Waals surface area contributed by atoms with E-state index in [-0.39, 0.29) is 11.7 Å². The molecule has 1 saturated heterocycles. The van der Waals surface area contributed by atoms with Gasteiger partial charge in [-0.25, -0.2) is 4.98 Å². The summed E-state index contributed by atoms with van der Waals surface area (Å²) in [7, 11) is 0. The molecule has 0 amide bonds. The first-order chi connectivity index (χ1) is 13.6. The molecule has 0 radical (unpaired) electrons. The largest absolute Gasteiger partial charge is 0.507 e. The third-order valence-electron chi connectivity index (χ3n) is 5.43. The van der Waals surface area contributed by atoms with E-state index < -0.39 is 6.10 Å². The number of nitrogen functional groups attached to an aromatic ring is 1. The molecular weight excluding hydrogens is 350 g/mol. The number of nitrogens with zero attached hydrogens (tertiary/aromatic N) is 1. The molecule has 1 aliphatic heterocycles. The minimum absolute atomic E-state index is 0.165. The Morgan fingerprint density at radius 2 is 1.82 bits per heavy atom. The highest BCUT2D eigenvalue weighted by Crippen LogP contribution is 2.39. The summed E-state index contributed by atoms with van der Waals surface area (Å²) in [5.74, 6) is 0.702. The topological polar surface area (TPSA) is 91.4 Å². The van der Waals surface area contributed by atoms with E-state index in [0.29, 0.717) is 22.6 Å². The second kappa shape index (κ2) is 8.00. The van der Waals surface area contributed by atoms with E-state index in [2.05, 4.69) is 10.3 Å². The van der Waals surface area contributed by atoms with Gasteiger partial charge in [-0.1, -0.05) is 42.5 Å². The van der Waals surface area contributed by atoms with Gasteiger partial charge >= 0.3 is 0 Å². The van der Waals surface area contributed by atoms with Gasteiger partial charge < -0.3 is 21.3 Å². The van der Waals surface area contributed by atoms with Crippen molar-refractivity contribution in [3.8, 4) is 17.0 Å². The summed E-state index contributed by atoms with van der Waals surface area (Å²) in [5.41, 5.74) is 10.1. The van der Waals surface area contributed by atoms with E-state index in [0.717, 1.165) is 37.1 Å². The monoisotopic (exact) mass is 375 g/mol. The minimum atomic E-state index is -0.843. The summed E-state index contributed by atoms with van der Waals surface area (Å²) in [6.45, 7) is 1.83. The number of hydrogen-bond donors (Lipinski definition) is 4. The lowest BCUT2D eigenvalue weighted by atomic mass is 9.85. The molecule has 5 nitrogen and oxygen atoms in total. The Morgan fingerprint density at radius 1 is 1.07 bits per heavy atom. The van der Waals surface area contributed by atoms with Crippen LogP contribution in [0.4, 0.5) is 5.82 Å². The molecule has 2 heterocycles. The molecular formula is C23H25N3O2. The zero-order chi connectivity index (χ0) is 19.5. The Morgan fingerprint density at radius 3 is 2.54 bits per heavy atom. The van der Waals surface area contributed by atoms with Gasteiger partial charge in [-0.3, -0.25) is 0 Å². The van der Waals surface area contributed by atoms with Crippen molar-refractivity contribution in [1.82, 2.24) is 10.3 Å². The molecule has 0 saturated carbocycles. The average Bonchev–Trinajstić information content (AvgIpc) is 2.74. The van der Waals surface area contributed by atoms with Crippen LogP contribution >= 0.6 is 0 Å². The smallest absolute Gasteiger partial charge is 0.130 e. The van der Waals surface area contributed by atoms with Gasteiger partial charge in [-0.2, -0.15) is 0 Å². The zero-order valence-electron chi connectivity index (χ0n) is 15.7. The number of nitrogens with two attached hydrogens (primary N) is 1. The molecule has 1 fully saturated rings. The maximum absolute atomic E-state index is 11.1. The molecule has 1 aliphatic rings. The van der Waals surface area contributed by atoms with E-state index in [4.69, 9.17) is 5.73 Å². The van der Waals surface area contributed by atoms with Gasteiger partial charge in [0.2, 0.25) is 0 Å². The van der Waals surface area contributed by atoms with Crippen LogP contribution in [0.2, 0.25) is 0 Å². The summed E-state index contributed by atoms with van der Waals surface area (Å²) in [5, 5.41) is 24.8. The van der Waals surface area contributed by atoms with Crippen molar-refractivity contribution in [2.75, 3.05) is 18.8 Å². The van der Waals surface area contributed by atoms with E-state index in [9.17, 15) is 10.2 Å². The second-order valence-corrected chi connectivity index (χ2v) is 7.27. The number of para-hydroxylation sites is 1. The molecule has 0 bridgehead atoms. The van der Waals surface area contributed by atoms with E-state index in [1.165, 1.54) is 0 Å². The number of aromatic nitrogens is 1. The van der Waals surface area contributed by atoms with Crippen LogP contribution in [-0.4, -0.2) is 28.3 Å². The van der Waals surface area contributed by atoms with E-state index >= 15 is 0 Å². The van der Waals surface area contributed by atoms with Gasteiger partial charge in [-0.05, 0) is 54.6 Å². The van der Waals surface area contributed by atoms with E-state index in [1.807, 2.05) is 48.5 Å². The number of aromatic hydroxyl groups is 1. The molecule has 0 spiro atoms. The predicted octanol–water partition coefficient (Wildman–Crippen LogP) is 3.59. The molecule has 1 aromatic heterocycles. The van der Waals surface area contributed by atoms with Gasteiger partial charge in [-0.15, -0.1) is 0 Å². The van der Waals surface area contributed by atoms with Crippen molar-refractivity contribution in [2.24, 2.45) is 0 Å². The SMILES string of the molecule is Nc1nc(-c2ccccc2O)cc(C2CCCNC2)c1C(O)c1ccccc1. The number of pyridine rings is 1. The lowest BCUT2D eigenvalue weighted by Gasteiger charge is -2.28. The molecule has 4 rings (SSSR count). The van der Waals surface area contributed by atoms with Gasteiger partial charge in [0.25, 0.3) is 0 Å². The number of rotatable bonds is 4. The number of anilines is 1. The van der Waals surface area contributed by atoms with Crippen molar-refractivity contribution < 1.29 is 10.2 Å². The van der Waals surface area contributed by atoms with Gasteiger partial charge in [0, 0.05) is 17.7 Å². The van der Waals surface area contributed by atoms with Crippen LogP contribution in [0, 0.1) is 0 Å². The highest BCUT2D eigenvalue weighted by molar-refractivity contribution is 5.70. The lowest BCUT2D eigenvalue weighted by Crippen LogP contribution is -2.29. The van der Waals surface area contributed by atoms with Crippen molar-refractivity contribution in [2.45, 2.75) is 24.9 Å². The quantitative estimate of drug-likeness (QED) is 0.559. The van der Waals surface area contributed by atoms with Gasteiger partial charge in [0.05, 0.1) is 5.69 Å². The highest BCUT2D eigenvalue weighted by atomic mass is 16.3. The van der Waals surface area contributed by atoms with Crippen LogP contribution in [0.3, 0.4) is 0 Å². The van der Waals surface area contributed by atoms with Crippen LogP contribution in [0.15, 0.2) is 60.7 Å². The molecule has 2 atom stereocenters. The fraction of sp³-hybridized carbons (Fsp3) is 0.261. The summed E-state index contributed by atoms with van der Waals surface area (Å²) in [6, 6.07) is 18.6. The molecule has 5 N–H and O–H groups in total. The van der Waals surface area contributed by atoms with Crippen LogP contribution < -0.4 is 11.1 Å². The standard InChI is InChI=1S/C23H25N3O2/c24-23-21(22(28)15-7-2-1-3-8-15)18(16-9-6-12-25-14-16)13-19(26-23)17-10-4-5-11-20(17)27/h1-5,7-8,10-11,13,16,22,25,27-28H,6,9,12,14H2,(H2,24,26). The number of aliphatic hydroxyl groups is 1. The lowest BCUT2D eigenvalue weighted by molar-refractivity contribution is 0.218. The summed E-state index contributed by atoms with van der Waals surface area (Å²) in [4.78, 5) is 4.54. The van der Waals surface area contributed by atoms with Crippen LogP contribution in [0.1, 0.15) is 41.6 Å². The van der Waals surface area contributed by atoms with Gasteiger partial charge in [0.1, 0.15) is 17.7 Å². The third-order valence-corrected chi connectivity index (χ3v) is 5.43. The van der Waals surface area contributed by atoms with Crippen molar-refractivity contribution in [3.63, 3.8) is 0 Å². The first-order valence-corrected chi connectivity index (χ1v) is 9.67. The van der Waals surface area contributed by atoms with Crippen molar-refractivity contribution in [3.05, 3.63) is 77.4 Å². The highest BCUT2D eigenvalue weighted by Gasteiger charge is 2.26. The number of piperidine rings is 1. The molecule has 28 heavy (non-hydrogen) atoms. The van der Waals surface area contributed by atoms with Crippen molar-refractivity contribution >= 4 is 5.82 Å². The maximum Gasteiger partial charge on any atom is 0.130 e. The number of hydrogen-bond acceptors (Lipinski definition) is 5. The third kappa shape index (κ3) is 3.59. The molecule has 2 unspecified atom stereocenters. The van der Waals surface area contributed by atoms with Crippen LogP contribution in [0.25, 0.3) is 11.3 Å². The van der Waals surface area contributed by atoms with Crippen LogP contribution in [-0.2, 0) is 0 Å². The maximum atomic E-state index is 11.1. The predicted molar refractivity (Wildman–Crippen MR) is 111 cm³/mol. The van der Waals surface area contributed by atoms with Gasteiger partial charge in [0.15, 0.2) is 0 Å². The minimum Gasteiger partial charge on any atom is -0.507 e. The normalized spacial score (nSPS) is 18.0. The van der Waals surface area contributed by atoms with Crippen molar-refractivity contribution in [1.29, 1.82) is 0 Å². The number of aliphatic hydroxyl groups excluding tert-OH is 1. The summed E-state index contributed by atoms with van der Waals surface area (Å²) in [6.07, 6.45) is 1.24. The van der Waals surface area contributed by atoms with Crippen LogP contribution in [0.5, 0.6) is 5.75 Å². The first-order valence-electron chi connectivity index (χ1n) is 9.67. The summed E-state index contributed by atoms with van der Waals surface area (Å²) >= 11 is 0. The number of benzene rings is 2. The Labute approximate surface area is 164 Å². The molecule has 2 aromatic carbocycles. The first kappa shape index (κ1) is 18.5. The van der Waals surface area contributed by atoms with E-state index in [1.54, 1.807) is 12.1 Å². The molecule has 0 aliphatic carbocycles. The summed E-state index contributed by atoms with van der Waals surface area (Å²) < 4.78 is 0. The molecule has 144 valence electrons. The number of phenolic OH excluding ortho intramolecular Hbond substituents is 1. The molecule has 5 heteroatoms. The Hall–Kier alpha value is -2.89. The Balaban J connectivity index is 1.86. The Bertz CT molecular complexity index is 953. The number of phenols is 1. The number of nitrogens with one attached hydrogen (secondary N) is 1. The fourth-order valence-corrected chi connectivity index (χ4v) is 3.98. The Kier molecular flexibility index (Phi) is 5.28.